The average molecular weight is 314 g/mol. The first-order valence-electron chi connectivity index (χ1n) is 5.98. The van der Waals surface area contributed by atoms with E-state index in [-0.39, 0.29) is 6.04 Å². The normalized spacial score (nSPS) is 12.2. The Morgan fingerprint density at radius 2 is 2.10 bits per heavy atom. The maximum Gasteiger partial charge on any atom is 0.240 e. The minimum Gasteiger partial charge on any atom is -0.480 e. The molecule has 1 atom stereocenters. The predicted octanol–water partition coefficient (Wildman–Crippen LogP) is 2.83. The van der Waals surface area contributed by atoms with Gasteiger partial charge < -0.3 is 14.8 Å². The van der Waals surface area contributed by atoms with Crippen molar-refractivity contribution in [2.45, 2.75) is 13.0 Å². The lowest BCUT2D eigenvalue weighted by Crippen LogP contribution is -2.19. The molecule has 0 aliphatic carbocycles. The Hall–Kier alpha value is -1.37. The van der Waals surface area contributed by atoms with Crippen LogP contribution in [0.4, 0.5) is 0 Å². The van der Waals surface area contributed by atoms with E-state index < -0.39 is 0 Å². The highest BCUT2D eigenvalue weighted by Crippen LogP contribution is 2.37. The van der Waals surface area contributed by atoms with Gasteiger partial charge in [0.15, 0.2) is 0 Å². The molecule has 108 valence electrons. The highest BCUT2D eigenvalue weighted by molar-refractivity contribution is 7.10. The Balaban J connectivity index is 2.49. The van der Waals surface area contributed by atoms with Crippen molar-refractivity contribution >= 4 is 22.9 Å². The number of nitrogens with one attached hydrogen (secondary N) is 1. The van der Waals surface area contributed by atoms with Crippen molar-refractivity contribution in [1.29, 1.82) is 0 Å². The zero-order chi connectivity index (χ0) is 14.7. The van der Waals surface area contributed by atoms with E-state index in [0.717, 1.165) is 15.5 Å². The number of aryl methyl sites for hydroxylation is 1. The van der Waals surface area contributed by atoms with Gasteiger partial charge in [-0.1, -0.05) is 11.6 Å². The van der Waals surface area contributed by atoms with Gasteiger partial charge in [0, 0.05) is 4.88 Å². The van der Waals surface area contributed by atoms with Crippen LogP contribution >= 0.6 is 22.9 Å². The molecule has 0 radical (unpaired) electrons. The van der Waals surface area contributed by atoms with Crippen LogP contribution in [-0.2, 0) is 0 Å². The third-order valence-corrected chi connectivity index (χ3v) is 4.68. The van der Waals surface area contributed by atoms with Gasteiger partial charge in [0.1, 0.15) is 5.69 Å². The largest absolute Gasteiger partial charge is 0.480 e. The van der Waals surface area contributed by atoms with Crippen LogP contribution in [0.2, 0.25) is 5.02 Å². The van der Waals surface area contributed by atoms with Gasteiger partial charge in [0.2, 0.25) is 11.8 Å². The molecule has 0 aromatic carbocycles. The topological polar surface area (TPSA) is 56.3 Å². The van der Waals surface area contributed by atoms with Crippen LogP contribution in [0.5, 0.6) is 11.8 Å². The van der Waals surface area contributed by atoms with E-state index in [9.17, 15) is 0 Å². The maximum atomic E-state index is 6.34. The molecule has 0 saturated carbocycles. The average Bonchev–Trinajstić information content (AvgIpc) is 2.80. The number of hydrogen-bond donors (Lipinski definition) is 1. The summed E-state index contributed by atoms with van der Waals surface area (Å²) in [6.07, 6.45) is 1.57. The Morgan fingerprint density at radius 1 is 1.35 bits per heavy atom. The van der Waals surface area contributed by atoms with Crippen LogP contribution in [0, 0.1) is 6.92 Å². The fourth-order valence-corrected chi connectivity index (χ4v) is 3.26. The van der Waals surface area contributed by atoms with E-state index in [1.165, 1.54) is 7.11 Å². The van der Waals surface area contributed by atoms with Crippen molar-refractivity contribution in [1.82, 2.24) is 15.3 Å². The zero-order valence-electron chi connectivity index (χ0n) is 11.7. The first-order valence-corrected chi connectivity index (χ1v) is 7.23. The van der Waals surface area contributed by atoms with Gasteiger partial charge in [-0.05, 0) is 24.9 Å². The Labute approximate surface area is 126 Å². The second-order valence-corrected chi connectivity index (χ2v) is 5.41. The number of halogens is 1. The van der Waals surface area contributed by atoms with Crippen LogP contribution in [0.3, 0.4) is 0 Å². The molecular formula is C13H16ClN3O2S. The van der Waals surface area contributed by atoms with E-state index >= 15 is 0 Å². The molecule has 2 aromatic heterocycles. The first-order chi connectivity index (χ1) is 9.62. The third kappa shape index (κ3) is 2.72. The quantitative estimate of drug-likeness (QED) is 0.920. The predicted molar refractivity (Wildman–Crippen MR) is 80.1 cm³/mol. The van der Waals surface area contributed by atoms with Crippen molar-refractivity contribution in [3.8, 4) is 11.8 Å². The van der Waals surface area contributed by atoms with Crippen LogP contribution in [0.25, 0.3) is 0 Å². The van der Waals surface area contributed by atoms with Gasteiger partial charge in [-0.3, -0.25) is 0 Å². The van der Waals surface area contributed by atoms with Crippen molar-refractivity contribution in [3.63, 3.8) is 0 Å². The number of thiophene rings is 1. The minimum atomic E-state index is -0.172. The van der Waals surface area contributed by atoms with Crippen LogP contribution < -0.4 is 14.8 Å². The summed E-state index contributed by atoms with van der Waals surface area (Å²) in [6.45, 7) is 1.98. The molecular weight excluding hydrogens is 298 g/mol. The second kappa shape index (κ2) is 6.39. The van der Waals surface area contributed by atoms with E-state index in [0.29, 0.717) is 17.5 Å². The van der Waals surface area contributed by atoms with Crippen LogP contribution in [0.15, 0.2) is 11.6 Å². The molecule has 0 spiro atoms. The highest BCUT2D eigenvalue weighted by Gasteiger charge is 2.24. The molecule has 1 unspecified atom stereocenters. The molecule has 1 N–H and O–H groups in total. The summed E-state index contributed by atoms with van der Waals surface area (Å²) < 4.78 is 10.4. The van der Waals surface area contributed by atoms with Gasteiger partial charge in [-0.25, -0.2) is 4.98 Å². The molecule has 2 heterocycles. The highest BCUT2D eigenvalue weighted by atomic mass is 35.5. The Morgan fingerprint density at radius 3 is 2.60 bits per heavy atom. The van der Waals surface area contributed by atoms with Crippen molar-refractivity contribution in [3.05, 3.63) is 32.7 Å². The van der Waals surface area contributed by atoms with E-state index in [4.69, 9.17) is 21.1 Å². The van der Waals surface area contributed by atoms with Gasteiger partial charge >= 0.3 is 0 Å². The Kier molecular flexibility index (Phi) is 4.80. The second-order valence-electron chi connectivity index (χ2n) is 4.13. The molecule has 0 fully saturated rings. The zero-order valence-corrected chi connectivity index (χ0v) is 13.3. The van der Waals surface area contributed by atoms with Crippen molar-refractivity contribution in [2.24, 2.45) is 0 Å². The number of nitrogens with zero attached hydrogens (tertiary/aromatic N) is 2. The first kappa shape index (κ1) is 15.0. The monoisotopic (exact) mass is 313 g/mol. The Bertz CT molecular complexity index is 603. The molecule has 5 nitrogen and oxygen atoms in total. The lowest BCUT2D eigenvalue weighted by Gasteiger charge is -2.17. The summed E-state index contributed by atoms with van der Waals surface area (Å²) in [6, 6.07) is -0.172. The van der Waals surface area contributed by atoms with Crippen molar-refractivity contribution in [2.75, 3.05) is 21.3 Å². The van der Waals surface area contributed by atoms with E-state index in [1.807, 2.05) is 19.4 Å². The SMILES string of the molecule is CNC(c1ncc(OC)nc1OC)c1scc(C)c1Cl. The molecule has 0 saturated heterocycles. The number of aromatic nitrogens is 2. The molecule has 2 aromatic rings. The molecule has 0 bridgehead atoms. The minimum absolute atomic E-state index is 0.172. The van der Waals surface area contributed by atoms with E-state index in [1.54, 1.807) is 24.6 Å². The number of methoxy groups -OCH3 is 2. The summed E-state index contributed by atoms with van der Waals surface area (Å²) in [4.78, 5) is 9.64. The summed E-state index contributed by atoms with van der Waals surface area (Å²) in [5.41, 5.74) is 1.73. The fourth-order valence-electron chi connectivity index (χ4n) is 1.85. The van der Waals surface area contributed by atoms with Gasteiger partial charge in [-0.2, -0.15) is 4.98 Å². The smallest absolute Gasteiger partial charge is 0.240 e. The molecule has 0 aliphatic heterocycles. The van der Waals surface area contributed by atoms with Gasteiger partial charge in [0.25, 0.3) is 0 Å². The third-order valence-electron chi connectivity index (χ3n) is 2.90. The summed E-state index contributed by atoms with van der Waals surface area (Å²) in [7, 11) is 4.94. The lowest BCUT2D eigenvalue weighted by atomic mass is 10.1. The summed E-state index contributed by atoms with van der Waals surface area (Å²) in [5, 5.41) is 5.97. The molecule has 0 aliphatic rings. The summed E-state index contributed by atoms with van der Waals surface area (Å²) in [5.74, 6) is 0.833. The van der Waals surface area contributed by atoms with Gasteiger partial charge in [0.05, 0.1) is 31.5 Å². The van der Waals surface area contributed by atoms with Gasteiger partial charge in [-0.15, -0.1) is 11.3 Å². The molecule has 2 rings (SSSR count). The molecule has 7 heteroatoms. The lowest BCUT2D eigenvalue weighted by molar-refractivity contribution is 0.353. The summed E-state index contributed by atoms with van der Waals surface area (Å²) >= 11 is 7.93. The van der Waals surface area contributed by atoms with E-state index in [2.05, 4.69) is 15.3 Å². The number of hydrogen-bond acceptors (Lipinski definition) is 6. The molecule has 0 amide bonds. The fraction of sp³-hybridized carbons (Fsp3) is 0.385. The van der Waals surface area contributed by atoms with Crippen molar-refractivity contribution < 1.29 is 9.47 Å². The standard InChI is InChI=1S/C13H16ClN3O2S/c1-7-6-20-12(9(7)14)10(15-2)11-13(19-4)17-8(18-3)5-16-11/h5-6,10,15H,1-4H3. The maximum absolute atomic E-state index is 6.34. The van der Waals surface area contributed by atoms with Crippen LogP contribution in [-0.4, -0.2) is 31.2 Å². The number of rotatable bonds is 5. The molecule has 20 heavy (non-hydrogen) atoms. The number of ether oxygens (including phenoxy) is 2. The van der Waals surface area contributed by atoms with Crippen LogP contribution in [0.1, 0.15) is 22.2 Å².